The Bertz CT molecular complexity index is 702. The summed E-state index contributed by atoms with van der Waals surface area (Å²) in [5, 5.41) is 6.56. The van der Waals surface area contributed by atoms with Gasteiger partial charge in [0.2, 0.25) is 5.91 Å². The molecule has 1 amide bonds. The molecule has 2 aliphatic rings. The molecule has 1 saturated carbocycles. The quantitative estimate of drug-likeness (QED) is 0.868. The second-order valence-electron chi connectivity index (χ2n) is 6.89. The molecule has 0 radical (unpaired) electrons. The molecular weight excluding hydrogens is 326 g/mol. The third-order valence-electron chi connectivity index (χ3n) is 5.16. The lowest BCUT2D eigenvalue weighted by Gasteiger charge is -2.36. The van der Waals surface area contributed by atoms with Gasteiger partial charge >= 0.3 is 0 Å². The number of carbonyl (C=O) groups is 1. The van der Waals surface area contributed by atoms with Crippen LogP contribution in [0.3, 0.4) is 0 Å². The van der Waals surface area contributed by atoms with Crippen molar-refractivity contribution in [2.45, 2.75) is 38.3 Å². The standard InChI is InChI=1S/C20H23N3O2.CH4/c24-20(19-13-22-12-18(19)14-5-2-1-3-6-14)23-15-9-17(10-15)25-16-7-4-8-21-11-16;/h1-8,11,15,17-19,22H,9-10,12-13H2,(H,23,24);1H4/t15?,17?,18-,19+;/m1./s1. The maximum Gasteiger partial charge on any atom is 0.225 e. The average Bonchev–Trinajstić information content (AvgIpc) is 3.11. The summed E-state index contributed by atoms with van der Waals surface area (Å²) in [6.07, 6.45) is 5.34. The Morgan fingerprint density at radius 3 is 2.65 bits per heavy atom. The van der Waals surface area contributed by atoms with E-state index in [2.05, 4.69) is 27.8 Å². The van der Waals surface area contributed by atoms with E-state index in [0.29, 0.717) is 0 Å². The van der Waals surface area contributed by atoms with Crippen LogP contribution in [0.1, 0.15) is 31.7 Å². The highest BCUT2D eigenvalue weighted by atomic mass is 16.5. The van der Waals surface area contributed by atoms with Crippen LogP contribution in [0.15, 0.2) is 54.9 Å². The number of nitrogens with one attached hydrogen (secondary N) is 2. The van der Waals surface area contributed by atoms with Gasteiger partial charge in [0.25, 0.3) is 0 Å². The molecular formula is C21H27N3O2. The van der Waals surface area contributed by atoms with Crippen molar-refractivity contribution in [3.8, 4) is 5.75 Å². The van der Waals surface area contributed by atoms with E-state index in [1.165, 1.54) is 5.56 Å². The van der Waals surface area contributed by atoms with Crippen molar-refractivity contribution >= 4 is 5.91 Å². The number of hydrogen-bond donors (Lipinski definition) is 2. The van der Waals surface area contributed by atoms with Gasteiger partial charge in [-0.1, -0.05) is 37.8 Å². The maximum atomic E-state index is 12.7. The van der Waals surface area contributed by atoms with E-state index >= 15 is 0 Å². The third-order valence-corrected chi connectivity index (χ3v) is 5.16. The largest absolute Gasteiger partial charge is 0.489 e. The summed E-state index contributed by atoms with van der Waals surface area (Å²) < 4.78 is 5.85. The molecule has 1 aromatic heterocycles. The zero-order valence-corrected chi connectivity index (χ0v) is 14.1. The highest BCUT2D eigenvalue weighted by Crippen LogP contribution is 2.30. The summed E-state index contributed by atoms with van der Waals surface area (Å²) in [4.78, 5) is 16.7. The van der Waals surface area contributed by atoms with Gasteiger partial charge in [0.1, 0.15) is 11.9 Å². The van der Waals surface area contributed by atoms with Gasteiger partial charge in [0, 0.05) is 44.1 Å². The molecule has 4 rings (SSSR count). The highest BCUT2D eigenvalue weighted by molar-refractivity contribution is 5.81. The van der Waals surface area contributed by atoms with Crippen molar-refractivity contribution in [1.29, 1.82) is 0 Å². The topological polar surface area (TPSA) is 63.2 Å². The SMILES string of the molecule is C.O=C(NC1CC(Oc2cccnc2)C1)[C@H]1CNC[C@@H]1c1ccccc1. The Balaban J connectivity index is 0.00000196. The van der Waals surface area contributed by atoms with Crippen LogP contribution in [-0.2, 0) is 4.79 Å². The smallest absolute Gasteiger partial charge is 0.225 e. The van der Waals surface area contributed by atoms with Gasteiger partial charge < -0.3 is 15.4 Å². The van der Waals surface area contributed by atoms with Crippen molar-refractivity contribution in [2.24, 2.45) is 5.92 Å². The molecule has 1 aliphatic heterocycles. The minimum absolute atomic E-state index is 0. The number of ether oxygens (including phenoxy) is 1. The molecule has 138 valence electrons. The summed E-state index contributed by atoms with van der Waals surface area (Å²) in [7, 11) is 0. The Hall–Kier alpha value is -2.40. The van der Waals surface area contributed by atoms with E-state index in [4.69, 9.17) is 4.74 Å². The summed E-state index contributed by atoms with van der Waals surface area (Å²) in [5.74, 6) is 1.20. The molecule has 2 N–H and O–H groups in total. The lowest BCUT2D eigenvalue weighted by molar-refractivity contribution is -0.126. The molecule has 1 saturated heterocycles. The molecule has 5 heteroatoms. The first-order valence-corrected chi connectivity index (χ1v) is 8.92. The predicted molar refractivity (Wildman–Crippen MR) is 102 cm³/mol. The number of pyridine rings is 1. The van der Waals surface area contributed by atoms with Crippen LogP contribution < -0.4 is 15.4 Å². The number of nitrogens with zero attached hydrogens (tertiary/aromatic N) is 1. The Labute approximate surface area is 155 Å². The van der Waals surface area contributed by atoms with Crippen LogP contribution >= 0.6 is 0 Å². The molecule has 0 unspecified atom stereocenters. The first-order valence-electron chi connectivity index (χ1n) is 8.92. The fourth-order valence-corrected chi connectivity index (χ4v) is 3.70. The monoisotopic (exact) mass is 353 g/mol. The van der Waals surface area contributed by atoms with Crippen molar-refractivity contribution < 1.29 is 9.53 Å². The molecule has 5 nitrogen and oxygen atoms in total. The van der Waals surface area contributed by atoms with E-state index in [1.54, 1.807) is 12.4 Å². The molecule has 1 aromatic carbocycles. The Kier molecular flexibility index (Phi) is 5.89. The first-order chi connectivity index (χ1) is 12.3. The zero-order chi connectivity index (χ0) is 17.1. The fraction of sp³-hybridized carbons (Fsp3) is 0.429. The van der Waals surface area contributed by atoms with Gasteiger partial charge in [-0.2, -0.15) is 0 Å². The van der Waals surface area contributed by atoms with Gasteiger partial charge in [0.15, 0.2) is 0 Å². The van der Waals surface area contributed by atoms with Crippen LogP contribution in [0.5, 0.6) is 5.75 Å². The lowest BCUT2D eigenvalue weighted by Crippen LogP contribution is -2.51. The molecule has 0 spiro atoms. The normalized spacial score (nSPS) is 27.1. The molecule has 2 heterocycles. The molecule has 0 bridgehead atoms. The Morgan fingerprint density at radius 1 is 1.12 bits per heavy atom. The second-order valence-corrected chi connectivity index (χ2v) is 6.89. The summed E-state index contributed by atoms with van der Waals surface area (Å²) >= 11 is 0. The first kappa shape index (κ1) is 18.4. The third kappa shape index (κ3) is 4.05. The van der Waals surface area contributed by atoms with Crippen molar-refractivity contribution in [1.82, 2.24) is 15.6 Å². The van der Waals surface area contributed by atoms with Gasteiger partial charge in [0.05, 0.1) is 12.1 Å². The fourth-order valence-electron chi connectivity index (χ4n) is 3.70. The summed E-state index contributed by atoms with van der Waals surface area (Å²) in [6.45, 7) is 1.60. The number of carbonyl (C=O) groups excluding carboxylic acids is 1. The minimum Gasteiger partial charge on any atom is -0.489 e. The second kappa shape index (κ2) is 8.32. The van der Waals surface area contributed by atoms with Crippen molar-refractivity contribution in [2.75, 3.05) is 13.1 Å². The number of amides is 1. The summed E-state index contributed by atoms with van der Waals surface area (Å²) in [6, 6.07) is 14.3. The van der Waals surface area contributed by atoms with E-state index in [9.17, 15) is 4.79 Å². The van der Waals surface area contributed by atoms with E-state index in [0.717, 1.165) is 31.7 Å². The Morgan fingerprint density at radius 2 is 1.92 bits per heavy atom. The maximum absolute atomic E-state index is 12.7. The number of hydrogen-bond acceptors (Lipinski definition) is 4. The van der Waals surface area contributed by atoms with Crippen molar-refractivity contribution in [3.05, 3.63) is 60.4 Å². The van der Waals surface area contributed by atoms with Gasteiger partial charge in [-0.3, -0.25) is 9.78 Å². The summed E-state index contributed by atoms with van der Waals surface area (Å²) in [5.41, 5.74) is 1.24. The van der Waals surface area contributed by atoms with Gasteiger partial charge in [-0.05, 0) is 17.7 Å². The molecule has 2 aromatic rings. The van der Waals surface area contributed by atoms with Crippen LogP contribution in [0.2, 0.25) is 0 Å². The zero-order valence-electron chi connectivity index (χ0n) is 14.1. The number of aromatic nitrogens is 1. The molecule has 1 aliphatic carbocycles. The average molecular weight is 353 g/mol. The lowest BCUT2D eigenvalue weighted by atomic mass is 9.85. The van der Waals surface area contributed by atoms with Crippen molar-refractivity contribution in [3.63, 3.8) is 0 Å². The predicted octanol–water partition coefficient (Wildman–Crippen LogP) is 2.75. The van der Waals surface area contributed by atoms with Crippen LogP contribution in [0.25, 0.3) is 0 Å². The van der Waals surface area contributed by atoms with Gasteiger partial charge in [-0.15, -0.1) is 0 Å². The van der Waals surface area contributed by atoms with E-state index in [-0.39, 0.29) is 37.3 Å². The number of rotatable bonds is 5. The van der Waals surface area contributed by atoms with Crippen LogP contribution in [0.4, 0.5) is 0 Å². The van der Waals surface area contributed by atoms with Crippen LogP contribution in [-0.4, -0.2) is 36.1 Å². The number of benzene rings is 1. The molecule has 2 atom stereocenters. The minimum atomic E-state index is 0. The van der Waals surface area contributed by atoms with E-state index < -0.39 is 0 Å². The highest BCUT2D eigenvalue weighted by Gasteiger charge is 2.38. The van der Waals surface area contributed by atoms with E-state index in [1.807, 2.05) is 30.3 Å². The molecule has 26 heavy (non-hydrogen) atoms. The van der Waals surface area contributed by atoms with Gasteiger partial charge in [-0.25, -0.2) is 0 Å². The molecule has 2 fully saturated rings. The van der Waals surface area contributed by atoms with Crippen LogP contribution in [0, 0.1) is 5.92 Å².